The molecule has 0 radical (unpaired) electrons. The maximum Gasteiger partial charge on any atom is 0.337 e. The van der Waals surface area contributed by atoms with Gasteiger partial charge in [-0.3, -0.25) is 4.79 Å². The smallest absolute Gasteiger partial charge is 0.337 e. The lowest BCUT2D eigenvalue weighted by Crippen LogP contribution is -2.07. The molecule has 6 nitrogen and oxygen atoms in total. The van der Waals surface area contributed by atoms with E-state index in [1.54, 1.807) is 0 Å². The molecule has 5 N–H and O–H groups in total. The molecule has 0 aromatic carbocycles. The van der Waals surface area contributed by atoms with Crippen LogP contribution in [0.2, 0.25) is 0 Å². The Morgan fingerprint density at radius 1 is 1.47 bits per heavy atom. The van der Waals surface area contributed by atoms with Gasteiger partial charge >= 0.3 is 5.97 Å². The summed E-state index contributed by atoms with van der Waals surface area (Å²) in [6.45, 7) is 0. The van der Waals surface area contributed by atoms with E-state index in [-0.39, 0.29) is 16.9 Å². The van der Waals surface area contributed by atoms with Gasteiger partial charge in [-0.2, -0.15) is 0 Å². The maximum atomic E-state index is 10.6. The number of amides is 1. The van der Waals surface area contributed by atoms with Crippen molar-refractivity contribution in [3.63, 3.8) is 0 Å². The highest BCUT2D eigenvalue weighted by Crippen LogP contribution is 2.09. The second kappa shape index (κ2) is 4.11. The minimum Gasteiger partial charge on any atom is -0.478 e. The molecule has 0 fully saturated rings. The molecule has 76 valence electrons. The van der Waals surface area contributed by atoms with E-state index in [4.69, 9.17) is 16.6 Å². The highest BCUT2D eigenvalue weighted by Gasteiger charge is 2.06. The number of aromatic nitrogens is 1. The normalized spacial score (nSPS) is 8.80. The third-order valence-electron chi connectivity index (χ3n) is 1.49. The molecule has 0 unspecified atom stereocenters. The summed E-state index contributed by atoms with van der Waals surface area (Å²) in [6, 6.07) is 1.22. The van der Waals surface area contributed by atoms with Gasteiger partial charge in [-0.25, -0.2) is 9.78 Å². The van der Waals surface area contributed by atoms with Gasteiger partial charge in [0.25, 0.3) is 5.91 Å². The van der Waals surface area contributed by atoms with Crippen molar-refractivity contribution in [2.24, 2.45) is 5.73 Å². The summed E-state index contributed by atoms with van der Waals surface area (Å²) in [5.74, 6) is 2.45. The van der Waals surface area contributed by atoms with Crippen LogP contribution >= 0.6 is 0 Å². The van der Waals surface area contributed by atoms with Gasteiger partial charge in [0.1, 0.15) is 5.82 Å². The molecule has 1 aromatic rings. The first-order chi connectivity index (χ1) is 7.00. The second-order valence-corrected chi connectivity index (χ2v) is 2.58. The van der Waals surface area contributed by atoms with Gasteiger partial charge in [-0.15, -0.1) is 0 Å². The van der Waals surface area contributed by atoms with Crippen molar-refractivity contribution in [2.75, 3.05) is 5.73 Å². The number of nitrogens with zero attached hydrogens (tertiary/aromatic N) is 1. The number of carboxylic acids is 1. The van der Waals surface area contributed by atoms with Gasteiger partial charge in [0.15, 0.2) is 0 Å². The molecular weight excluding hydrogens is 198 g/mol. The first kappa shape index (κ1) is 10.5. The SMILES string of the molecule is NC(=O)C#Cc1cc(C(=O)O)cnc1N. The van der Waals surface area contributed by atoms with Crippen molar-refractivity contribution in [1.82, 2.24) is 4.98 Å². The third-order valence-corrected chi connectivity index (χ3v) is 1.49. The molecule has 0 spiro atoms. The summed E-state index contributed by atoms with van der Waals surface area (Å²) >= 11 is 0. The number of nitrogens with two attached hydrogens (primary N) is 2. The molecule has 1 heterocycles. The van der Waals surface area contributed by atoms with E-state index in [2.05, 4.69) is 10.9 Å². The predicted octanol–water partition coefficient (Wildman–Crippen LogP) is -0.801. The fourth-order valence-electron chi connectivity index (χ4n) is 0.821. The molecule has 6 heteroatoms. The van der Waals surface area contributed by atoms with Gasteiger partial charge in [0.2, 0.25) is 0 Å². The standard InChI is InChI=1S/C9H7N3O3/c10-7(13)2-1-5-3-6(9(14)15)4-12-8(5)11/h3-4H,(H2,10,13)(H2,11,12)(H,14,15). The highest BCUT2D eigenvalue weighted by atomic mass is 16.4. The van der Waals surface area contributed by atoms with E-state index in [9.17, 15) is 9.59 Å². The molecule has 0 aliphatic rings. The molecule has 15 heavy (non-hydrogen) atoms. The zero-order valence-electron chi connectivity index (χ0n) is 7.52. The second-order valence-electron chi connectivity index (χ2n) is 2.58. The number of rotatable bonds is 1. The van der Waals surface area contributed by atoms with Gasteiger partial charge in [-0.1, -0.05) is 5.92 Å². The minimum atomic E-state index is -1.15. The number of nitrogen functional groups attached to an aromatic ring is 1. The Hall–Kier alpha value is -2.55. The lowest BCUT2D eigenvalue weighted by Gasteiger charge is -1.98. The molecule has 1 amide bonds. The average Bonchev–Trinajstić information content (AvgIpc) is 2.16. The number of hydrogen-bond acceptors (Lipinski definition) is 4. The van der Waals surface area contributed by atoms with Gasteiger partial charge in [-0.05, 0) is 6.07 Å². The van der Waals surface area contributed by atoms with Crippen LogP contribution in [0, 0.1) is 11.8 Å². The quantitative estimate of drug-likeness (QED) is 0.518. The molecule has 0 saturated carbocycles. The molecule has 0 saturated heterocycles. The van der Waals surface area contributed by atoms with Crippen molar-refractivity contribution in [3.05, 3.63) is 23.4 Å². The molecular formula is C9H7N3O3. The van der Waals surface area contributed by atoms with Crippen LogP contribution in [0.5, 0.6) is 0 Å². The zero-order valence-corrected chi connectivity index (χ0v) is 7.52. The molecule has 0 aliphatic carbocycles. The van der Waals surface area contributed by atoms with E-state index in [1.807, 2.05) is 5.92 Å². The van der Waals surface area contributed by atoms with Crippen molar-refractivity contribution >= 4 is 17.7 Å². The molecule has 0 bridgehead atoms. The van der Waals surface area contributed by atoms with Gasteiger partial charge in [0, 0.05) is 12.1 Å². The van der Waals surface area contributed by atoms with Crippen LogP contribution in [0.1, 0.15) is 15.9 Å². The summed E-state index contributed by atoms with van der Waals surface area (Å²) in [7, 11) is 0. The first-order valence-corrected chi connectivity index (χ1v) is 3.81. The Labute approximate surface area is 84.9 Å². The summed E-state index contributed by atoms with van der Waals surface area (Å²) < 4.78 is 0. The topological polar surface area (TPSA) is 119 Å². The Morgan fingerprint density at radius 2 is 2.13 bits per heavy atom. The van der Waals surface area contributed by atoms with Crippen LogP contribution in [0.4, 0.5) is 5.82 Å². The predicted molar refractivity (Wildman–Crippen MR) is 51.7 cm³/mol. The van der Waals surface area contributed by atoms with Crippen molar-refractivity contribution in [2.45, 2.75) is 0 Å². The highest BCUT2D eigenvalue weighted by molar-refractivity contribution is 5.93. The lowest BCUT2D eigenvalue weighted by molar-refractivity contribution is -0.112. The van der Waals surface area contributed by atoms with E-state index in [0.29, 0.717) is 0 Å². The maximum absolute atomic E-state index is 10.6. The Balaban J connectivity index is 3.18. The van der Waals surface area contributed by atoms with E-state index in [1.165, 1.54) is 6.07 Å². The summed E-state index contributed by atoms with van der Waals surface area (Å²) in [5, 5.41) is 8.66. The van der Waals surface area contributed by atoms with Crippen molar-refractivity contribution in [1.29, 1.82) is 0 Å². The zero-order chi connectivity index (χ0) is 11.4. The minimum absolute atomic E-state index is 0.0498. The van der Waals surface area contributed by atoms with Crippen LogP contribution in [-0.4, -0.2) is 22.0 Å². The molecule has 0 atom stereocenters. The Morgan fingerprint density at radius 3 is 2.67 bits per heavy atom. The molecule has 1 aromatic heterocycles. The van der Waals surface area contributed by atoms with E-state index in [0.717, 1.165) is 6.20 Å². The van der Waals surface area contributed by atoms with E-state index >= 15 is 0 Å². The summed E-state index contributed by atoms with van der Waals surface area (Å²) in [5.41, 5.74) is 10.3. The monoisotopic (exact) mass is 205 g/mol. The molecule has 0 aliphatic heterocycles. The van der Waals surface area contributed by atoms with Crippen LogP contribution < -0.4 is 11.5 Å². The fourth-order valence-corrected chi connectivity index (χ4v) is 0.821. The van der Waals surface area contributed by atoms with Gasteiger partial charge < -0.3 is 16.6 Å². The van der Waals surface area contributed by atoms with Crippen molar-refractivity contribution in [3.8, 4) is 11.8 Å². The Kier molecular flexibility index (Phi) is 2.88. The van der Waals surface area contributed by atoms with E-state index < -0.39 is 11.9 Å². The van der Waals surface area contributed by atoms with Gasteiger partial charge in [0.05, 0.1) is 11.1 Å². The number of pyridine rings is 1. The first-order valence-electron chi connectivity index (χ1n) is 3.81. The summed E-state index contributed by atoms with van der Waals surface area (Å²) in [6.07, 6.45) is 1.10. The van der Waals surface area contributed by atoms with Crippen LogP contribution in [0.3, 0.4) is 0 Å². The number of hydrogen-bond donors (Lipinski definition) is 3. The Bertz CT molecular complexity index is 485. The van der Waals surface area contributed by atoms with Crippen LogP contribution in [-0.2, 0) is 4.79 Å². The number of aromatic carboxylic acids is 1. The average molecular weight is 205 g/mol. The van der Waals surface area contributed by atoms with Crippen LogP contribution in [0.25, 0.3) is 0 Å². The number of carbonyl (C=O) groups excluding carboxylic acids is 1. The largest absolute Gasteiger partial charge is 0.478 e. The number of carbonyl (C=O) groups is 2. The fraction of sp³-hybridized carbons (Fsp3) is 0. The summed E-state index contributed by atoms with van der Waals surface area (Å²) in [4.78, 5) is 24.6. The number of primary amides is 1. The third kappa shape index (κ3) is 2.70. The molecule has 1 rings (SSSR count). The van der Waals surface area contributed by atoms with Crippen LogP contribution in [0.15, 0.2) is 12.3 Å². The number of anilines is 1. The number of carboxylic acid groups (broad SMARTS) is 1. The lowest BCUT2D eigenvalue weighted by atomic mass is 10.2. The van der Waals surface area contributed by atoms with Crippen molar-refractivity contribution < 1.29 is 14.7 Å².